The lowest BCUT2D eigenvalue weighted by Gasteiger charge is -2.29. The van der Waals surface area contributed by atoms with Gasteiger partial charge >= 0.3 is 5.97 Å². The minimum Gasteiger partial charge on any atom is -0.463 e. The second kappa shape index (κ2) is 9.25. The van der Waals surface area contributed by atoms with Crippen LogP contribution < -0.4 is 5.32 Å². The molecule has 1 aromatic carbocycles. The van der Waals surface area contributed by atoms with Crippen molar-refractivity contribution in [3.8, 4) is 6.07 Å². The first-order valence-corrected chi connectivity index (χ1v) is 10.00. The highest BCUT2D eigenvalue weighted by molar-refractivity contribution is 8.02. The van der Waals surface area contributed by atoms with Gasteiger partial charge in [-0.05, 0) is 31.0 Å². The molecular weight excluding hydrogens is 370 g/mol. The fourth-order valence-electron chi connectivity index (χ4n) is 3.12. The molecule has 0 saturated heterocycles. The molecule has 5 nitrogen and oxygen atoms in total. The quantitative estimate of drug-likeness (QED) is 0.741. The van der Waals surface area contributed by atoms with Gasteiger partial charge in [0.25, 0.3) is 0 Å². The molecule has 2 aromatic rings. The van der Waals surface area contributed by atoms with Crippen LogP contribution in [0.15, 0.2) is 76.7 Å². The van der Waals surface area contributed by atoms with E-state index < -0.39 is 11.9 Å². The van der Waals surface area contributed by atoms with Crippen LogP contribution in [0.2, 0.25) is 0 Å². The summed E-state index contributed by atoms with van der Waals surface area (Å²) < 4.78 is 5.28. The molecule has 0 bridgehead atoms. The molecule has 1 aliphatic heterocycles. The minimum atomic E-state index is -0.456. The van der Waals surface area contributed by atoms with E-state index in [9.17, 15) is 10.1 Å². The monoisotopic (exact) mass is 391 g/mol. The second-order valence-corrected chi connectivity index (χ2v) is 7.22. The Balaban J connectivity index is 2.01. The summed E-state index contributed by atoms with van der Waals surface area (Å²) in [6.45, 7) is 3.91. The van der Waals surface area contributed by atoms with Gasteiger partial charge in [0.2, 0.25) is 0 Å². The highest BCUT2D eigenvalue weighted by Gasteiger charge is 2.35. The Morgan fingerprint density at radius 1 is 1.29 bits per heavy atom. The molecule has 0 saturated carbocycles. The van der Waals surface area contributed by atoms with Crippen molar-refractivity contribution in [2.24, 2.45) is 0 Å². The summed E-state index contributed by atoms with van der Waals surface area (Å²) in [5.74, 6) is -0.182. The van der Waals surface area contributed by atoms with E-state index in [2.05, 4.69) is 16.4 Å². The number of dihydropyridines is 1. The number of hydrogen-bond donors (Lipinski definition) is 1. The summed E-state index contributed by atoms with van der Waals surface area (Å²) in [7, 11) is 0. The second-order valence-electron chi connectivity index (χ2n) is 6.23. The molecule has 3 rings (SSSR count). The van der Waals surface area contributed by atoms with Crippen molar-refractivity contribution in [3.05, 3.63) is 87.9 Å². The molecule has 2 heterocycles. The van der Waals surface area contributed by atoms with Crippen LogP contribution in [-0.4, -0.2) is 17.6 Å². The lowest BCUT2D eigenvalue weighted by atomic mass is 9.82. The number of ether oxygens (including phenoxy) is 1. The number of nitriles is 1. The number of allylic oxidation sites excluding steroid dienone is 2. The molecule has 28 heavy (non-hydrogen) atoms. The zero-order valence-electron chi connectivity index (χ0n) is 15.8. The van der Waals surface area contributed by atoms with Crippen molar-refractivity contribution in [2.45, 2.75) is 25.5 Å². The van der Waals surface area contributed by atoms with Crippen molar-refractivity contribution in [1.82, 2.24) is 10.3 Å². The number of thioether (sulfide) groups is 1. The predicted octanol–water partition coefficient (Wildman–Crippen LogP) is 4.27. The molecule has 1 atom stereocenters. The average Bonchev–Trinajstić information content (AvgIpc) is 2.73. The lowest BCUT2D eigenvalue weighted by Crippen LogP contribution is -2.28. The van der Waals surface area contributed by atoms with Gasteiger partial charge in [-0.25, -0.2) is 4.79 Å². The van der Waals surface area contributed by atoms with E-state index in [1.807, 2.05) is 55.6 Å². The standard InChI is InChI=1S/C22H21N3O2S/c1-3-27-22(26)19-15(2)25-21(28-14-16-8-7-11-24-13-16)18(12-23)20(19)17-9-5-4-6-10-17/h4-11,13,20,25H,3,14H2,1-2H3. The Bertz CT molecular complexity index is 947. The molecule has 1 aromatic heterocycles. The number of nitrogens with one attached hydrogen (secondary N) is 1. The Labute approximate surface area is 169 Å². The fraction of sp³-hybridized carbons (Fsp3) is 0.227. The topological polar surface area (TPSA) is 75.0 Å². The van der Waals surface area contributed by atoms with Gasteiger partial charge in [0.05, 0.1) is 34.8 Å². The van der Waals surface area contributed by atoms with Crippen molar-refractivity contribution in [2.75, 3.05) is 6.61 Å². The van der Waals surface area contributed by atoms with E-state index in [-0.39, 0.29) is 6.61 Å². The Morgan fingerprint density at radius 2 is 2.07 bits per heavy atom. The number of carbonyl (C=O) groups is 1. The molecule has 142 valence electrons. The zero-order valence-corrected chi connectivity index (χ0v) is 16.6. The number of benzene rings is 1. The largest absolute Gasteiger partial charge is 0.463 e. The van der Waals surface area contributed by atoms with Crippen molar-refractivity contribution in [3.63, 3.8) is 0 Å². The maximum atomic E-state index is 12.7. The van der Waals surface area contributed by atoms with Gasteiger partial charge in [-0.3, -0.25) is 4.98 Å². The minimum absolute atomic E-state index is 0.283. The van der Waals surface area contributed by atoms with E-state index in [4.69, 9.17) is 4.74 Å². The number of carbonyl (C=O) groups excluding carboxylic acids is 1. The van der Waals surface area contributed by atoms with E-state index in [0.29, 0.717) is 22.6 Å². The lowest BCUT2D eigenvalue weighted by molar-refractivity contribution is -0.138. The molecule has 1 N–H and O–H groups in total. The number of nitrogens with zero attached hydrogens (tertiary/aromatic N) is 2. The summed E-state index contributed by atoms with van der Waals surface area (Å²) in [5.41, 5.74) is 3.67. The van der Waals surface area contributed by atoms with Gasteiger partial charge < -0.3 is 10.1 Å². The number of aromatic nitrogens is 1. The SMILES string of the molecule is CCOC(=O)C1=C(C)NC(SCc2cccnc2)=C(C#N)C1c1ccccc1. The Hall–Kier alpha value is -3.04. The van der Waals surface area contributed by atoms with Crippen LogP contribution in [0, 0.1) is 11.3 Å². The number of rotatable bonds is 6. The highest BCUT2D eigenvalue weighted by atomic mass is 32.2. The normalized spacial score (nSPS) is 16.4. The molecule has 0 fully saturated rings. The van der Waals surface area contributed by atoms with E-state index in [0.717, 1.165) is 16.2 Å². The summed E-state index contributed by atoms with van der Waals surface area (Å²) >= 11 is 1.53. The molecule has 6 heteroatoms. The third-order valence-corrected chi connectivity index (χ3v) is 5.47. The van der Waals surface area contributed by atoms with Gasteiger partial charge in [-0.15, -0.1) is 11.8 Å². The molecule has 0 spiro atoms. The maximum Gasteiger partial charge on any atom is 0.336 e. The van der Waals surface area contributed by atoms with Crippen LogP contribution in [0.1, 0.15) is 30.9 Å². The fourth-order valence-corrected chi connectivity index (χ4v) is 4.15. The highest BCUT2D eigenvalue weighted by Crippen LogP contribution is 2.41. The molecule has 0 aliphatic carbocycles. The zero-order chi connectivity index (χ0) is 19.9. The number of pyridine rings is 1. The van der Waals surface area contributed by atoms with Crippen LogP contribution in [0.4, 0.5) is 0 Å². The maximum absolute atomic E-state index is 12.7. The van der Waals surface area contributed by atoms with Crippen LogP contribution in [-0.2, 0) is 15.3 Å². The number of hydrogen-bond acceptors (Lipinski definition) is 6. The Morgan fingerprint density at radius 3 is 2.71 bits per heavy atom. The molecule has 1 aliphatic rings. The van der Waals surface area contributed by atoms with E-state index in [1.165, 1.54) is 11.8 Å². The van der Waals surface area contributed by atoms with Gasteiger partial charge in [-0.1, -0.05) is 36.4 Å². The average molecular weight is 391 g/mol. The van der Waals surface area contributed by atoms with Gasteiger partial charge in [-0.2, -0.15) is 5.26 Å². The summed E-state index contributed by atoms with van der Waals surface area (Å²) in [6.07, 6.45) is 3.54. The molecular formula is C22H21N3O2S. The van der Waals surface area contributed by atoms with E-state index >= 15 is 0 Å². The van der Waals surface area contributed by atoms with Crippen LogP contribution in [0.3, 0.4) is 0 Å². The van der Waals surface area contributed by atoms with Gasteiger partial charge in [0.15, 0.2) is 0 Å². The van der Waals surface area contributed by atoms with Gasteiger partial charge in [0.1, 0.15) is 0 Å². The van der Waals surface area contributed by atoms with Crippen molar-refractivity contribution in [1.29, 1.82) is 5.26 Å². The summed E-state index contributed by atoms with van der Waals surface area (Å²) in [4.78, 5) is 16.8. The third kappa shape index (κ3) is 4.26. The summed E-state index contributed by atoms with van der Waals surface area (Å²) in [5, 5.41) is 14.0. The van der Waals surface area contributed by atoms with Crippen LogP contribution in [0.5, 0.6) is 0 Å². The van der Waals surface area contributed by atoms with Crippen molar-refractivity contribution < 1.29 is 9.53 Å². The van der Waals surface area contributed by atoms with Crippen molar-refractivity contribution >= 4 is 17.7 Å². The first kappa shape index (κ1) is 19.7. The van der Waals surface area contributed by atoms with E-state index in [1.54, 1.807) is 13.1 Å². The van der Waals surface area contributed by atoms with Gasteiger partial charge in [0, 0.05) is 23.8 Å². The summed E-state index contributed by atoms with van der Waals surface area (Å²) in [6, 6.07) is 15.8. The smallest absolute Gasteiger partial charge is 0.336 e. The predicted molar refractivity (Wildman–Crippen MR) is 110 cm³/mol. The Kier molecular flexibility index (Phi) is 6.51. The first-order valence-electron chi connectivity index (χ1n) is 9.01. The van der Waals surface area contributed by atoms with Crippen LogP contribution in [0.25, 0.3) is 0 Å². The van der Waals surface area contributed by atoms with Crippen LogP contribution >= 0.6 is 11.8 Å². The molecule has 1 unspecified atom stereocenters. The first-order chi connectivity index (χ1) is 13.7. The molecule has 0 radical (unpaired) electrons. The molecule has 0 amide bonds. The number of esters is 1. The third-order valence-electron chi connectivity index (χ3n) is 4.38.